The number of fused-ring (bicyclic) bond motifs is 2. The molecule has 3 heterocycles. The van der Waals surface area contributed by atoms with Gasteiger partial charge in [0.05, 0.1) is 24.3 Å². The van der Waals surface area contributed by atoms with E-state index in [4.69, 9.17) is 10.2 Å². The van der Waals surface area contributed by atoms with Crippen molar-refractivity contribution >= 4 is 17.7 Å². The predicted molar refractivity (Wildman–Crippen MR) is 136 cm³/mol. The zero-order valence-corrected chi connectivity index (χ0v) is 20.7. The highest BCUT2D eigenvalue weighted by Crippen LogP contribution is 2.40. The van der Waals surface area contributed by atoms with Gasteiger partial charge in [-0.1, -0.05) is 12.8 Å². The second-order valence-corrected chi connectivity index (χ2v) is 10.4. The van der Waals surface area contributed by atoms with E-state index in [0.29, 0.717) is 41.0 Å². The number of nitrogens with one attached hydrogen (secondary N) is 2. The molecule has 202 valence electrons. The fourth-order valence-electron chi connectivity index (χ4n) is 6.15. The Hall–Kier alpha value is -3.54. The average molecular weight is 530 g/mol. The number of alkyl halides is 3. The van der Waals surface area contributed by atoms with E-state index in [1.54, 1.807) is 18.6 Å². The van der Waals surface area contributed by atoms with Crippen LogP contribution in [-0.2, 0) is 0 Å². The Morgan fingerprint density at radius 2 is 1.68 bits per heavy atom. The van der Waals surface area contributed by atoms with E-state index in [2.05, 4.69) is 35.2 Å². The first-order valence-electron chi connectivity index (χ1n) is 13.0. The normalized spacial score (nSPS) is 27.0. The highest BCUT2D eigenvalue weighted by molar-refractivity contribution is 5.58. The van der Waals surface area contributed by atoms with Gasteiger partial charge < -0.3 is 30.4 Å². The molecular formula is C26H30F3N7O2. The summed E-state index contributed by atoms with van der Waals surface area (Å²) in [4.78, 5) is 15.6. The summed E-state index contributed by atoms with van der Waals surface area (Å²) in [6.07, 6.45) is 6.76. The van der Waals surface area contributed by atoms with Crippen molar-refractivity contribution in [3.8, 4) is 17.1 Å². The summed E-state index contributed by atoms with van der Waals surface area (Å²) in [6, 6.07) is 7.06. The number of nitrogens with zero attached hydrogens (tertiary/aromatic N) is 4. The van der Waals surface area contributed by atoms with E-state index in [1.807, 2.05) is 0 Å². The number of halogens is 3. The number of hydrogen-bond acceptors (Lipinski definition) is 9. The molecule has 3 aliphatic rings. The van der Waals surface area contributed by atoms with Gasteiger partial charge >= 0.3 is 6.36 Å². The van der Waals surface area contributed by atoms with Crippen LogP contribution in [0.3, 0.4) is 0 Å². The first kappa shape index (κ1) is 24.8. The Bertz CT molecular complexity index is 1230. The molecule has 1 saturated heterocycles. The van der Waals surface area contributed by atoms with Crippen molar-refractivity contribution in [2.24, 2.45) is 5.92 Å². The highest BCUT2D eigenvalue weighted by atomic mass is 19.4. The molecule has 3 fully saturated rings. The fourth-order valence-corrected chi connectivity index (χ4v) is 6.15. The van der Waals surface area contributed by atoms with Crippen LogP contribution >= 0.6 is 0 Å². The molecular weight excluding hydrogens is 499 g/mol. The van der Waals surface area contributed by atoms with Crippen LogP contribution in [0.5, 0.6) is 5.75 Å². The van der Waals surface area contributed by atoms with Gasteiger partial charge in [0.15, 0.2) is 5.76 Å². The Labute approximate surface area is 218 Å². The van der Waals surface area contributed by atoms with Crippen LogP contribution < -0.4 is 26.0 Å². The van der Waals surface area contributed by atoms with E-state index in [-0.39, 0.29) is 17.8 Å². The molecule has 1 aromatic carbocycles. The molecule has 12 heteroatoms. The van der Waals surface area contributed by atoms with Crippen molar-refractivity contribution in [3.63, 3.8) is 0 Å². The zero-order valence-electron chi connectivity index (χ0n) is 20.7. The number of rotatable bonds is 7. The number of nitrogens with two attached hydrogens (primary N) is 1. The van der Waals surface area contributed by atoms with E-state index in [9.17, 15) is 13.2 Å². The molecule has 1 aliphatic heterocycles. The lowest BCUT2D eigenvalue weighted by Crippen LogP contribution is -2.56. The van der Waals surface area contributed by atoms with Crippen molar-refractivity contribution in [2.45, 2.75) is 69.1 Å². The fraction of sp³-hybridized carbons (Fsp3) is 0.500. The van der Waals surface area contributed by atoms with Crippen LogP contribution in [0.2, 0.25) is 0 Å². The van der Waals surface area contributed by atoms with Gasteiger partial charge in [-0.3, -0.25) is 0 Å². The maximum atomic E-state index is 12.4. The van der Waals surface area contributed by atoms with Gasteiger partial charge in [-0.2, -0.15) is 0 Å². The maximum absolute atomic E-state index is 12.4. The van der Waals surface area contributed by atoms with Gasteiger partial charge in [-0.15, -0.1) is 13.2 Å². The van der Waals surface area contributed by atoms with Crippen LogP contribution in [0.4, 0.5) is 30.8 Å². The molecule has 38 heavy (non-hydrogen) atoms. The van der Waals surface area contributed by atoms with Crippen LogP contribution in [0, 0.1) is 5.92 Å². The first-order chi connectivity index (χ1) is 18.3. The summed E-state index contributed by atoms with van der Waals surface area (Å²) in [7, 11) is 0. The summed E-state index contributed by atoms with van der Waals surface area (Å²) < 4.78 is 47.1. The molecule has 2 aromatic heterocycles. The second kappa shape index (κ2) is 9.97. The third-order valence-corrected chi connectivity index (χ3v) is 7.78. The quantitative estimate of drug-likeness (QED) is 0.404. The highest BCUT2D eigenvalue weighted by Gasteiger charge is 2.47. The molecule has 0 radical (unpaired) electrons. The number of oxazole rings is 1. The topological polar surface area (TPSA) is 114 Å². The molecule has 5 atom stereocenters. The summed E-state index contributed by atoms with van der Waals surface area (Å²) in [6.45, 7) is 0.974. The van der Waals surface area contributed by atoms with Crippen molar-refractivity contribution < 1.29 is 22.3 Å². The Balaban J connectivity index is 1.10. The third-order valence-electron chi connectivity index (χ3n) is 7.78. The number of hydrogen-bond donors (Lipinski definition) is 3. The van der Waals surface area contributed by atoms with Crippen LogP contribution in [-0.4, -0.2) is 52.0 Å². The second-order valence-electron chi connectivity index (χ2n) is 10.4. The molecule has 9 nitrogen and oxygen atoms in total. The minimum atomic E-state index is -4.73. The van der Waals surface area contributed by atoms with Gasteiger partial charge in [0.25, 0.3) is 6.01 Å². The summed E-state index contributed by atoms with van der Waals surface area (Å²) in [5.41, 5.74) is 6.95. The molecule has 3 aromatic rings. The van der Waals surface area contributed by atoms with Crippen molar-refractivity contribution in [2.75, 3.05) is 22.5 Å². The molecule has 0 amide bonds. The van der Waals surface area contributed by atoms with Crippen LogP contribution in [0.1, 0.15) is 38.5 Å². The minimum Gasteiger partial charge on any atom is -0.424 e. The van der Waals surface area contributed by atoms with E-state index < -0.39 is 6.36 Å². The largest absolute Gasteiger partial charge is 0.573 e. The summed E-state index contributed by atoms with van der Waals surface area (Å²) >= 11 is 0. The van der Waals surface area contributed by atoms with Crippen LogP contribution in [0.15, 0.2) is 47.3 Å². The molecule has 2 saturated carbocycles. The molecule has 0 spiro atoms. The third kappa shape index (κ3) is 5.35. The van der Waals surface area contributed by atoms with Crippen molar-refractivity contribution in [1.29, 1.82) is 0 Å². The Morgan fingerprint density at radius 3 is 2.39 bits per heavy atom. The minimum absolute atomic E-state index is 0.151. The van der Waals surface area contributed by atoms with E-state index >= 15 is 0 Å². The molecule has 2 bridgehead atoms. The summed E-state index contributed by atoms with van der Waals surface area (Å²) in [5.74, 6) is 1.55. The van der Waals surface area contributed by atoms with E-state index in [1.165, 1.54) is 24.3 Å². The Morgan fingerprint density at radius 1 is 0.947 bits per heavy atom. The number of piperidine rings is 1. The average Bonchev–Trinajstić information content (AvgIpc) is 3.62. The first-order valence-corrected chi connectivity index (χ1v) is 13.0. The maximum Gasteiger partial charge on any atom is 0.573 e. The van der Waals surface area contributed by atoms with Crippen molar-refractivity contribution in [3.05, 3.63) is 42.9 Å². The standard InChI is InChI=1S/C26H30F3N7O2/c27-26(28,29)38-18-7-5-16(6-8-18)23-13-33-25(37-23)35-20-4-2-1-3-19(20)34-21-9-15-10-22(21)36(14-15)24-31-11-17(30)12-32-24/h5-8,11-13,15,19-22,34H,1-4,9-10,14,30H2,(H,33,35)/t15-,19-,20-,21+,22-/m1/s1. The van der Waals surface area contributed by atoms with Crippen molar-refractivity contribution in [1.82, 2.24) is 20.3 Å². The SMILES string of the molecule is Nc1cnc(N2C[C@@H]3C[C@H](N[C@@H]4CCCC[C@H]4Nc4ncc(-c5ccc(OC(F)(F)F)cc5)o4)[C@H]2C3)nc1. The van der Waals surface area contributed by atoms with Gasteiger partial charge in [0.2, 0.25) is 5.95 Å². The lowest BCUT2D eigenvalue weighted by Gasteiger charge is -2.39. The van der Waals surface area contributed by atoms with Gasteiger partial charge in [-0.25, -0.2) is 15.0 Å². The molecule has 6 rings (SSSR count). The Kier molecular flexibility index (Phi) is 6.50. The van der Waals surface area contributed by atoms with Gasteiger partial charge in [0, 0.05) is 36.3 Å². The lowest BCUT2D eigenvalue weighted by atomic mass is 9.89. The summed E-state index contributed by atoms with van der Waals surface area (Å²) in [5, 5.41) is 7.40. The number of nitrogen functional groups attached to an aromatic ring is 1. The number of benzene rings is 1. The van der Waals surface area contributed by atoms with Gasteiger partial charge in [-0.05, 0) is 55.9 Å². The van der Waals surface area contributed by atoms with Crippen LogP contribution in [0.25, 0.3) is 11.3 Å². The smallest absolute Gasteiger partial charge is 0.424 e. The number of anilines is 3. The monoisotopic (exact) mass is 529 g/mol. The van der Waals surface area contributed by atoms with E-state index in [0.717, 1.165) is 51.0 Å². The number of ether oxygens (including phenoxy) is 1. The lowest BCUT2D eigenvalue weighted by molar-refractivity contribution is -0.274. The number of aromatic nitrogens is 3. The molecule has 4 N–H and O–H groups in total. The zero-order chi connectivity index (χ0) is 26.3. The molecule has 2 aliphatic carbocycles. The molecule has 0 unspecified atom stereocenters. The van der Waals surface area contributed by atoms with Gasteiger partial charge in [0.1, 0.15) is 5.75 Å². The predicted octanol–water partition coefficient (Wildman–Crippen LogP) is 4.59.